The Morgan fingerprint density at radius 3 is 2.02 bits per heavy atom. The second kappa shape index (κ2) is 21.8. The van der Waals surface area contributed by atoms with Crippen LogP contribution in [0.4, 0.5) is 9.18 Å². The van der Waals surface area contributed by atoms with Gasteiger partial charge in [0.2, 0.25) is 23.6 Å². The molecular formula is C40H64FN5O9. The fourth-order valence-corrected chi connectivity index (χ4v) is 7.67. The Labute approximate surface area is 325 Å². The molecule has 1 aliphatic heterocycles. The number of hydrogen-bond donors (Lipinski definition) is 3. The van der Waals surface area contributed by atoms with Gasteiger partial charge in [-0.3, -0.25) is 19.2 Å². The van der Waals surface area contributed by atoms with Crippen molar-refractivity contribution in [2.45, 2.75) is 123 Å². The number of likely N-dealkylation sites (tertiary alicyclic amines) is 1. The first-order valence-electron chi connectivity index (χ1n) is 19.2. The number of benzene rings is 1. The van der Waals surface area contributed by atoms with Crippen LogP contribution in [0, 0.1) is 23.7 Å². The van der Waals surface area contributed by atoms with Gasteiger partial charge in [-0.25, -0.2) is 9.59 Å². The van der Waals surface area contributed by atoms with E-state index in [2.05, 4.69) is 10.6 Å². The van der Waals surface area contributed by atoms with Crippen molar-refractivity contribution in [3.63, 3.8) is 0 Å². The third-order valence-corrected chi connectivity index (χ3v) is 11.0. The number of methoxy groups -OCH3 is 2. The van der Waals surface area contributed by atoms with Crippen LogP contribution in [0.15, 0.2) is 30.3 Å². The predicted molar refractivity (Wildman–Crippen MR) is 205 cm³/mol. The summed E-state index contributed by atoms with van der Waals surface area (Å²) in [5, 5.41) is 15.3. The summed E-state index contributed by atoms with van der Waals surface area (Å²) in [4.78, 5) is 82.7. The lowest BCUT2D eigenvalue weighted by Crippen LogP contribution is -2.60. The van der Waals surface area contributed by atoms with Gasteiger partial charge < -0.3 is 39.9 Å². The maximum absolute atomic E-state index is 14.2. The van der Waals surface area contributed by atoms with Crippen molar-refractivity contribution in [1.29, 1.82) is 0 Å². The van der Waals surface area contributed by atoms with Gasteiger partial charge in [-0.1, -0.05) is 85.2 Å². The largest absolute Gasteiger partial charge is 0.480 e. The fraction of sp³-hybridized carbons (Fsp3) is 0.700. The van der Waals surface area contributed by atoms with E-state index < -0.39 is 84.1 Å². The van der Waals surface area contributed by atoms with E-state index in [1.54, 1.807) is 70.8 Å². The Morgan fingerprint density at radius 1 is 0.909 bits per heavy atom. The molecule has 0 saturated carbocycles. The third kappa shape index (κ3) is 12.4. The number of carbonyl (C=O) groups is 6. The van der Waals surface area contributed by atoms with Crippen LogP contribution in [0.5, 0.6) is 0 Å². The average Bonchev–Trinajstić information content (AvgIpc) is 3.62. The van der Waals surface area contributed by atoms with Crippen LogP contribution < -0.4 is 10.6 Å². The lowest BCUT2D eigenvalue weighted by atomic mass is 9.89. The van der Waals surface area contributed by atoms with Gasteiger partial charge in [-0.05, 0) is 36.2 Å². The highest BCUT2D eigenvalue weighted by atomic mass is 19.1. The molecule has 9 atom stereocenters. The molecule has 310 valence electrons. The molecule has 14 nitrogen and oxygen atoms in total. The number of nitrogens with zero attached hydrogens (tertiary/aromatic N) is 3. The second-order valence-electron chi connectivity index (χ2n) is 15.5. The maximum Gasteiger partial charge on any atom is 0.400 e. The van der Waals surface area contributed by atoms with Crippen LogP contribution in [0.1, 0.15) is 79.7 Å². The zero-order valence-electron chi connectivity index (χ0n) is 34.4. The first-order valence-corrected chi connectivity index (χ1v) is 19.2. The molecule has 1 aromatic rings. The lowest BCUT2D eigenvalue weighted by Gasteiger charge is -2.41. The normalized spacial score (nSPS) is 18.7. The Hall–Kier alpha value is -4.11. The summed E-state index contributed by atoms with van der Waals surface area (Å²) in [6, 6.07) is 4.62. The molecule has 0 aliphatic carbocycles. The van der Waals surface area contributed by atoms with Gasteiger partial charge in [0, 0.05) is 41.3 Å². The van der Waals surface area contributed by atoms with Gasteiger partial charge in [0.15, 0.2) is 0 Å². The topological polar surface area (TPSA) is 175 Å². The van der Waals surface area contributed by atoms with Crippen LogP contribution in [0.25, 0.3) is 0 Å². The molecular weight excluding hydrogens is 713 g/mol. The average molecular weight is 778 g/mol. The maximum atomic E-state index is 14.2. The van der Waals surface area contributed by atoms with Crippen molar-refractivity contribution >= 4 is 35.8 Å². The summed E-state index contributed by atoms with van der Waals surface area (Å²) in [5.41, 5.74) is 0.762. The molecule has 2 rings (SSSR count). The number of carboxylic acids is 1. The van der Waals surface area contributed by atoms with E-state index in [0.29, 0.717) is 30.7 Å². The minimum Gasteiger partial charge on any atom is -0.480 e. The number of halogens is 1. The number of carboxylic acid groups (broad SMARTS) is 1. The number of carbonyl (C=O) groups excluding carboxylic acids is 5. The Balaban J connectivity index is 2.29. The molecule has 0 spiro atoms. The highest BCUT2D eigenvalue weighted by Gasteiger charge is 2.43. The summed E-state index contributed by atoms with van der Waals surface area (Å²) >= 11 is 0. The van der Waals surface area contributed by atoms with Crippen LogP contribution in [-0.2, 0) is 39.9 Å². The minimum absolute atomic E-state index is 0.0909. The van der Waals surface area contributed by atoms with Gasteiger partial charge in [0.25, 0.3) is 0 Å². The van der Waals surface area contributed by atoms with Gasteiger partial charge in [0.05, 0.1) is 36.6 Å². The molecule has 1 fully saturated rings. The van der Waals surface area contributed by atoms with Gasteiger partial charge >= 0.3 is 12.1 Å². The molecule has 1 aliphatic rings. The Kier molecular flexibility index (Phi) is 18.7. The summed E-state index contributed by atoms with van der Waals surface area (Å²) in [6.45, 7) is 12.9. The fourth-order valence-electron chi connectivity index (χ4n) is 7.67. The first kappa shape index (κ1) is 47.0. The number of rotatable bonds is 21. The standard InChI is InChI=1S/C40H64FN5O9/c1-12-25(6)34(44(8)38(50)32(23(2)3)43-37(49)33(24(4)5)45(9)40(41)53)30(54-10)22-31(47)46-20-16-19-29(46)35(55-11)26(7)36(48)42-28(39(51)52)21-27-17-14-13-15-18-27/h13-15,17-18,23-26,28-30,32-35H,12,16,19-22H2,1-11H3,(H,42,48)(H,43,49)(H,51,52)/t25-,26+,28-,29-,30+,32-,33-,34-,35+/m0/s1. The van der Waals surface area contributed by atoms with Crippen LogP contribution >= 0.6 is 0 Å². The van der Waals surface area contributed by atoms with E-state index in [9.17, 15) is 38.3 Å². The number of likely N-dealkylation sites (N-methyl/N-ethyl adjacent to an activating group) is 2. The van der Waals surface area contributed by atoms with Gasteiger partial charge in [-0.2, -0.15) is 0 Å². The number of ether oxygens (including phenoxy) is 2. The van der Waals surface area contributed by atoms with Crippen molar-refractivity contribution < 1.29 is 47.7 Å². The van der Waals surface area contributed by atoms with Crippen LogP contribution in [0.3, 0.4) is 0 Å². The quantitative estimate of drug-likeness (QED) is 0.124. The first-order chi connectivity index (χ1) is 25.8. The van der Waals surface area contributed by atoms with Crippen molar-refractivity contribution in [3.8, 4) is 0 Å². The number of amides is 5. The molecule has 1 aromatic carbocycles. The summed E-state index contributed by atoms with van der Waals surface area (Å²) in [6.07, 6.45) is -1.36. The van der Waals surface area contributed by atoms with Crippen molar-refractivity contribution in [2.24, 2.45) is 23.7 Å². The number of aliphatic carboxylic acids is 1. The molecule has 0 aromatic heterocycles. The zero-order valence-corrected chi connectivity index (χ0v) is 34.4. The molecule has 3 N–H and O–H groups in total. The molecule has 0 radical (unpaired) electrons. The second-order valence-corrected chi connectivity index (χ2v) is 15.5. The van der Waals surface area contributed by atoms with Crippen molar-refractivity contribution in [2.75, 3.05) is 34.9 Å². The molecule has 1 saturated heterocycles. The smallest absolute Gasteiger partial charge is 0.400 e. The molecule has 15 heteroatoms. The van der Waals surface area contributed by atoms with Crippen LogP contribution in [0.2, 0.25) is 0 Å². The SMILES string of the molecule is CC[C@H](C)[C@@H]([C@@H](CC(=O)N1CCC[C@H]1[C@H](OC)[C@@H](C)C(=O)N[C@@H](Cc1ccccc1)C(=O)O)OC)N(C)C(=O)[C@@H](NC(=O)[C@H](C(C)C)N(C)C(=O)F)C(C)C. The van der Waals surface area contributed by atoms with Gasteiger partial charge in [0.1, 0.15) is 18.1 Å². The van der Waals surface area contributed by atoms with E-state index >= 15 is 0 Å². The zero-order chi connectivity index (χ0) is 41.7. The van der Waals surface area contributed by atoms with Crippen molar-refractivity contribution in [1.82, 2.24) is 25.3 Å². The number of nitrogens with one attached hydrogen (secondary N) is 2. The predicted octanol–water partition coefficient (Wildman–Crippen LogP) is 3.91. The summed E-state index contributed by atoms with van der Waals surface area (Å²) in [7, 11) is 5.74. The summed E-state index contributed by atoms with van der Waals surface area (Å²) < 4.78 is 25.5. The van der Waals surface area contributed by atoms with Gasteiger partial charge in [-0.15, -0.1) is 4.39 Å². The van der Waals surface area contributed by atoms with E-state index in [-0.39, 0.29) is 30.6 Å². The van der Waals surface area contributed by atoms with E-state index in [1.165, 1.54) is 26.2 Å². The molecule has 1 heterocycles. The third-order valence-electron chi connectivity index (χ3n) is 11.0. The molecule has 0 unspecified atom stereocenters. The monoisotopic (exact) mass is 777 g/mol. The van der Waals surface area contributed by atoms with Crippen LogP contribution in [-0.4, -0.2) is 133 Å². The minimum atomic E-state index is -1.76. The highest BCUT2D eigenvalue weighted by Crippen LogP contribution is 2.30. The Morgan fingerprint density at radius 2 is 1.53 bits per heavy atom. The van der Waals surface area contributed by atoms with E-state index in [4.69, 9.17) is 9.47 Å². The Bertz CT molecular complexity index is 1450. The lowest BCUT2D eigenvalue weighted by molar-refractivity contribution is -0.148. The summed E-state index contributed by atoms with van der Waals surface area (Å²) in [5.74, 6) is -4.75. The van der Waals surface area contributed by atoms with Crippen molar-refractivity contribution in [3.05, 3.63) is 35.9 Å². The highest BCUT2D eigenvalue weighted by molar-refractivity contribution is 5.91. The van der Waals surface area contributed by atoms with E-state index in [1.807, 2.05) is 19.9 Å². The molecule has 5 amide bonds. The number of hydrogen-bond acceptors (Lipinski definition) is 8. The molecule has 55 heavy (non-hydrogen) atoms. The van der Waals surface area contributed by atoms with E-state index in [0.717, 1.165) is 5.56 Å². The molecule has 0 bridgehead atoms.